The molecule has 1 aromatic rings. The third-order valence-electron chi connectivity index (χ3n) is 9.21. The number of nitrogens with two attached hydrogens (primary N) is 1. The van der Waals surface area contributed by atoms with E-state index in [9.17, 15) is 48.0 Å². The number of carbonyl (C=O) groups excluding carboxylic acids is 3. The maximum Gasteiger partial charge on any atom is 0.573 e. The lowest BCUT2D eigenvalue weighted by Gasteiger charge is -2.50. The molecule has 3 aliphatic carbocycles. The van der Waals surface area contributed by atoms with E-state index in [-0.39, 0.29) is 30.5 Å². The molecule has 4 aliphatic rings. The first-order valence-electron chi connectivity index (χ1n) is 13.6. The summed E-state index contributed by atoms with van der Waals surface area (Å²) in [5.74, 6) is -9.23. The highest BCUT2D eigenvalue weighted by molar-refractivity contribution is 6.24. The molecule has 42 heavy (non-hydrogen) atoms. The second-order valence-corrected chi connectivity index (χ2v) is 11.4. The van der Waals surface area contributed by atoms with Crippen LogP contribution in [0.2, 0.25) is 0 Å². The van der Waals surface area contributed by atoms with Crippen LogP contribution < -0.4 is 10.5 Å². The molecule has 0 aromatic heterocycles. The highest BCUT2D eigenvalue weighted by Gasteiger charge is 2.64. The smallest absolute Gasteiger partial charge is 0.508 e. The van der Waals surface area contributed by atoms with Crippen LogP contribution in [0.15, 0.2) is 23.0 Å². The number of rotatable bonds is 5. The van der Waals surface area contributed by atoms with E-state index >= 15 is 0 Å². The Morgan fingerprint density at radius 3 is 2.48 bits per heavy atom. The maximum absolute atomic E-state index is 14.0. The van der Waals surface area contributed by atoms with Crippen LogP contribution in [0.3, 0.4) is 0 Å². The van der Waals surface area contributed by atoms with Crippen molar-refractivity contribution in [2.45, 2.75) is 56.7 Å². The number of aromatic hydroxyl groups is 1. The van der Waals surface area contributed by atoms with Gasteiger partial charge in [0.15, 0.2) is 11.4 Å². The summed E-state index contributed by atoms with van der Waals surface area (Å²) in [7, 11) is 3.23. The molecular weight excluding hydrogens is 563 g/mol. The highest BCUT2D eigenvalue weighted by atomic mass is 19.4. The zero-order valence-corrected chi connectivity index (χ0v) is 23.2. The quantitative estimate of drug-likeness (QED) is 0.317. The Morgan fingerprint density at radius 2 is 1.93 bits per heavy atom. The minimum atomic E-state index is -5.12. The van der Waals surface area contributed by atoms with Crippen LogP contribution in [0.4, 0.5) is 13.2 Å². The first-order chi connectivity index (χ1) is 19.5. The number of benzene rings is 1. The monoisotopic (exact) mass is 595 g/mol. The van der Waals surface area contributed by atoms with Gasteiger partial charge in [-0.25, -0.2) is 0 Å². The predicted octanol–water partition coefficient (Wildman–Crippen LogP) is 2.02. The van der Waals surface area contributed by atoms with Gasteiger partial charge in [-0.1, -0.05) is 6.92 Å². The fraction of sp³-hybridized carbons (Fsp3) is 0.536. The molecule has 0 unspecified atom stereocenters. The van der Waals surface area contributed by atoms with Gasteiger partial charge in [-0.15, -0.1) is 13.2 Å². The molecule has 0 bridgehead atoms. The van der Waals surface area contributed by atoms with Gasteiger partial charge in [0.25, 0.3) is 5.91 Å². The number of phenolic OH excluding ortho intramolecular Hbond substituents is 1. The number of fused-ring (bicyclic) bond motifs is 3. The van der Waals surface area contributed by atoms with Crippen molar-refractivity contribution >= 4 is 23.2 Å². The largest absolute Gasteiger partial charge is 0.573 e. The first kappa shape index (κ1) is 29.9. The number of aliphatic hydroxyl groups is 3. The summed E-state index contributed by atoms with van der Waals surface area (Å²) in [6.45, 7) is 2.50. The molecule has 0 spiro atoms. The molecule has 1 amide bonds. The van der Waals surface area contributed by atoms with Gasteiger partial charge in [0.1, 0.15) is 28.6 Å². The Morgan fingerprint density at radius 1 is 1.26 bits per heavy atom. The SMILES string of the molecule is CCN(C)[C@@H]1C(=O)C(C(N)=O)=C(O)[C@@]2(O)C(=O)C3=C(O)c4c(O)cc([C@@H]5CCCN5C)c(OC(F)(F)F)c4C[C@H]3C[C@@H]12. The number of carbonyl (C=O) groups is 3. The lowest BCUT2D eigenvalue weighted by atomic mass is 9.57. The average Bonchev–Trinajstić information content (AvgIpc) is 3.32. The van der Waals surface area contributed by atoms with Gasteiger partial charge in [-0.2, -0.15) is 0 Å². The van der Waals surface area contributed by atoms with Crippen molar-refractivity contribution in [2.24, 2.45) is 17.6 Å². The molecule has 228 valence electrons. The van der Waals surface area contributed by atoms with Crippen molar-refractivity contribution in [3.63, 3.8) is 0 Å². The Labute approximate surface area is 238 Å². The summed E-state index contributed by atoms with van der Waals surface area (Å²) < 4.78 is 45.7. The minimum absolute atomic E-state index is 0.0709. The summed E-state index contributed by atoms with van der Waals surface area (Å²) in [6.07, 6.45) is -4.50. The van der Waals surface area contributed by atoms with E-state index in [0.717, 1.165) is 6.07 Å². The van der Waals surface area contributed by atoms with Crippen LogP contribution in [0.25, 0.3) is 5.76 Å². The molecular formula is C28H32F3N3O8. The van der Waals surface area contributed by atoms with Gasteiger partial charge in [0.05, 0.1) is 11.6 Å². The molecule has 1 saturated heterocycles. The Bertz CT molecular complexity index is 1450. The van der Waals surface area contributed by atoms with Gasteiger partial charge >= 0.3 is 6.36 Å². The summed E-state index contributed by atoms with van der Waals surface area (Å²) in [4.78, 5) is 42.8. The number of amides is 1. The molecule has 11 nitrogen and oxygen atoms in total. The number of ether oxygens (including phenoxy) is 1. The molecule has 5 atom stereocenters. The number of primary amides is 1. The summed E-state index contributed by atoms with van der Waals surface area (Å²) in [5.41, 5.74) is 0.519. The van der Waals surface area contributed by atoms with E-state index in [4.69, 9.17) is 5.73 Å². The summed E-state index contributed by atoms with van der Waals surface area (Å²) in [5, 5.41) is 45.1. The number of likely N-dealkylation sites (tertiary alicyclic amines) is 1. The van der Waals surface area contributed by atoms with E-state index in [2.05, 4.69) is 4.74 Å². The molecule has 6 N–H and O–H groups in total. The fourth-order valence-electron chi connectivity index (χ4n) is 7.22. The number of hydrogen-bond acceptors (Lipinski definition) is 10. The van der Waals surface area contributed by atoms with Crippen molar-refractivity contribution in [3.05, 3.63) is 39.7 Å². The van der Waals surface area contributed by atoms with Gasteiger partial charge in [-0.05, 0) is 64.9 Å². The molecule has 1 aromatic carbocycles. The van der Waals surface area contributed by atoms with Crippen molar-refractivity contribution < 1.29 is 52.7 Å². The van der Waals surface area contributed by atoms with Gasteiger partial charge < -0.3 is 30.9 Å². The molecule has 14 heteroatoms. The van der Waals surface area contributed by atoms with E-state index in [0.29, 0.717) is 19.4 Å². The van der Waals surface area contributed by atoms with Gasteiger partial charge in [0.2, 0.25) is 5.78 Å². The number of likely N-dealkylation sites (N-methyl/N-ethyl adjacent to an activating group) is 1. The van der Waals surface area contributed by atoms with Crippen molar-refractivity contribution in [2.75, 3.05) is 27.2 Å². The topological polar surface area (TPSA) is 174 Å². The number of ketones is 2. The first-order valence-corrected chi connectivity index (χ1v) is 13.6. The molecule has 1 saturated carbocycles. The Balaban J connectivity index is 1.75. The zero-order chi connectivity index (χ0) is 31.0. The van der Waals surface area contributed by atoms with Crippen molar-refractivity contribution in [3.8, 4) is 11.5 Å². The third kappa shape index (κ3) is 4.26. The lowest BCUT2D eigenvalue weighted by Crippen LogP contribution is -2.66. The van der Waals surface area contributed by atoms with Crippen LogP contribution in [0, 0.1) is 11.8 Å². The third-order valence-corrected chi connectivity index (χ3v) is 9.21. The van der Waals surface area contributed by atoms with Gasteiger partial charge in [-0.3, -0.25) is 24.2 Å². The van der Waals surface area contributed by atoms with Crippen LogP contribution in [0.1, 0.15) is 48.9 Å². The maximum atomic E-state index is 14.0. The molecule has 2 fully saturated rings. The normalized spacial score (nSPS) is 30.0. The second kappa shape index (κ2) is 9.99. The Hall–Kier alpha value is -3.62. The van der Waals surface area contributed by atoms with E-state index in [1.165, 1.54) is 11.9 Å². The standard InChI is InChI=1S/C28H32F3N3O8/c1-4-33(2)20-14-9-11-8-13-18(16(35)10-12(15-6-5-7-34(15)3)23(13)42-28(29,30)31)21(36)17(11)24(38)27(14,41)25(39)19(22(20)37)26(32)40/h10-11,14-15,20,35-36,39,41H,4-9H2,1-3H3,(H2,32,40)/t11-,14-,15-,20-,27-/m0/s1. The number of Topliss-reactive ketones (excluding diaryl/α,β-unsaturated/α-hetero) is 2. The van der Waals surface area contributed by atoms with Crippen molar-refractivity contribution in [1.29, 1.82) is 0 Å². The van der Waals surface area contributed by atoms with Gasteiger partial charge in [0, 0.05) is 28.7 Å². The average molecular weight is 596 g/mol. The van der Waals surface area contributed by atoms with E-state index in [1.54, 1.807) is 14.0 Å². The molecule has 1 aliphatic heterocycles. The summed E-state index contributed by atoms with van der Waals surface area (Å²) >= 11 is 0. The number of hydrogen-bond donors (Lipinski definition) is 5. The number of nitrogens with zero attached hydrogens (tertiary/aromatic N) is 2. The van der Waals surface area contributed by atoms with Crippen LogP contribution in [-0.4, -0.2) is 92.9 Å². The molecule has 5 rings (SSSR count). The second-order valence-electron chi connectivity index (χ2n) is 11.4. The summed E-state index contributed by atoms with van der Waals surface area (Å²) in [6, 6.07) is -0.746. The number of halogens is 3. The number of aliphatic hydroxyl groups excluding tert-OH is 2. The van der Waals surface area contributed by atoms with E-state index < -0.39 is 93.1 Å². The zero-order valence-electron chi connectivity index (χ0n) is 23.2. The Kier molecular flexibility index (Phi) is 7.10. The van der Waals surface area contributed by atoms with Crippen LogP contribution in [0.5, 0.6) is 11.5 Å². The van der Waals surface area contributed by atoms with Crippen molar-refractivity contribution in [1.82, 2.24) is 9.80 Å². The fourth-order valence-corrected chi connectivity index (χ4v) is 7.22. The van der Waals surface area contributed by atoms with Crippen LogP contribution in [-0.2, 0) is 20.8 Å². The number of alkyl halides is 3. The van der Waals surface area contributed by atoms with E-state index in [1.807, 2.05) is 4.90 Å². The predicted molar refractivity (Wildman–Crippen MR) is 140 cm³/mol. The highest BCUT2D eigenvalue weighted by Crippen LogP contribution is 2.55. The van der Waals surface area contributed by atoms with Crippen LogP contribution >= 0.6 is 0 Å². The molecule has 0 radical (unpaired) electrons. The molecule has 1 heterocycles. The number of phenols is 1. The lowest BCUT2D eigenvalue weighted by molar-refractivity contribution is -0.275. The minimum Gasteiger partial charge on any atom is -0.508 e.